The lowest BCUT2D eigenvalue weighted by Gasteiger charge is -2.39. The van der Waals surface area contributed by atoms with Crippen molar-refractivity contribution in [2.24, 2.45) is 0 Å². The highest BCUT2D eigenvalue weighted by Crippen LogP contribution is 2.30. The molecule has 1 aromatic heterocycles. The zero-order valence-corrected chi connectivity index (χ0v) is 17.7. The summed E-state index contributed by atoms with van der Waals surface area (Å²) in [6.07, 6.45) is 1.45. The minimum Gasteiger partial charge on any atom is -0.453 e. The maximum atomic E-state index is 11.7. The minimum atomic E-state index is -0.273. The number of aryl methyl sites for hydroxylation is 1. The number of likely N-dealkylation sites (tertiary alicyclic amines) is 1. The van der Waals surface area contributed by atoms with Crippen LogP contribution < -0.4 is 10.2 Å². The molecule has 0 bridgehead atoms. The molecule has 0 spiro atoms. The van der Waals surface area contributed by atoms with E-state index in [0.717, 1.165) is 49.1 Å². The van der Waals surface area contributed by atoms with Gasteiger partial charge < -0.3 is 19.9 Å². The molecule has 4 rings (SSSR count). The largest absolute Gasteiger partial charge is 0.453 e. The van der Waals surface area contributed by atoms with Gasteiger partial charge in [0.05, 0.1) is 12.8 Å². The number of carbonyl (C=O) groups excluding carboxylic acids is 1. The van der Waals surface area contributed by atoms with E-state index in [9.17, 15) is 4.79 Å². The van der Waals surface area contributed by atoms with Gasteiger partial charge in [-0.25, -0.2) is 9.78 Å². The summed E-state index contributed by atoms with van der Waals surface area (Å²) in [6, 6.07) is 12.8. The predicted molar refractivity (Wildman–Crippen MR) is 118 cm³/mol. The van der Waals surface area contributed by atoms with Crippen LogP contribution >= 0.6 is 0 Å². The fourth-order valence-corrected chi connectivity index (χ4v) is 4.17. The number of rotatable bonds is 6. The fraction of sp³-hybridized carbons (Fsp3) is 0.476. The van der Waals surface area contributed by atoms with Crippen LogP contribution in [0.1, 0.15) is 23.6 Å². The fourth-order valence-electron chi connectivity index (χ4n) is 3.92. The Hall–Kier alpha value is -2.48. The van der Waals surface area contributed by atoms with E-state index in [0.29, 0.717) is 19.0 Å². The zero-order chi connectivity index (χ0) is 20.2. The number of benzene rings is 1. The van der Waals surface area contributed by atoms with Crippen molar-refractivity contribution in [3.8, 4) is 0 Å². The van der Waals surface area contributed by atoms with E-state index in [4.69, 9.17) is 14.7 Å². The molecule has 0 aliphatic carbocycles. The summed E-state index contributed by atoms with van der Waals surface area (Å²) in [5, 5.41) is 3.49. The van der Waals surface area contributed by atoms with Crippen LogP contribution in [0.4, 0.5) is 16.6 Å². The van der Waals surface area contributed by atoms with Crippen LogP contribution in [-0.2, 0) is 23.8 Å². The first-order valence-corrected chi connectivity index (χ1v) is 10.8. The van der Waals surface area contributed by atoms with Crippen molar-refractivity contribution in [2.75, 3.05) is 49.3 Å². The van der Waals surface area contributed by atoms with Crippen molar-refractivity contribution in [3.05, 3.63) is 47.7 Å². The summed E-state index contributed by atoms with van der Waals surface area (Å²) >= 11 is 3.56. The quantitative estimate of drug-likeness (QED) is 0.728. The molecular formula is C21H28N5O2S+. The molecule has 1 N–H and O–H groups in total. The number of methoxy groups -OCH3 is 1. The van der Waals surface area contributed by atoms with Crippen molar-refractivity contribution in [2.45, 2.75) is 24.8 Å². The third-order valence-corrected chi connectivity index (χ3v) is 5.81. The summed E-state index contributed by atoms with van der Waals surface area (Å²) < 4.78 is 4.82. The van der Waals surface area contributed by atoms with Crippen molar-refractivity contribution in [1.29, 1.82) is 0 Å². The summed E-state index contributed by atoms with van der Waals surface area (Å²) in [7, 11) is 1.42. The molecule has 2 aromatic rings. The lowest BCUT2D eigenvalue weighted by Crippen LogP contribution is -2.46. The molecule has 1 amide bonds. The molecule has 1 aromatic carbocycles. The molecule has 7 nitrogen and oxygen atoms in total. The molecule has 2 fully saturated rings. The Balaban J connectivity index is 1.44. The first-order valence-electron chi connectivity index (χ1n) is 10.1. The van der Waals surface area contributed by atoms with Crippen LogP contribution in [-0.4, -0.2) is 66.0 Å². The number of aromatic nitrogens is 2. The summed E-state index contributed by atoms with van der Waals surface area (Å²) in [5.41, 5.74) is 2.38. The molecule has 0 saturated carbocycles. The monoisotopic (exact) mass is 414 g/mol. The van der Waals surface area contributed by atoms with Gasteiger partial charge in [0.2, 0.25) is 5.95 Å². The second-order valence-corrected chi connectivity index (χ2v) is 8.10. The van der Waals surface area contributed by atoms with Gasteiger partial charge in [0.25, 0.3) is 0 Å². The molecule has 3 heterocycles. The van der Waals surface area contributed by atoms with Gasteiger partial charge in [-0.2, -0.15) is 4.98 Å². The van der Waals surface area contributed by atoms with Crippen molar-refractivity contribution in [1.82, 2.24) is 14.9 Å². The van der Waals surface area contributed by atoms with E-state index < -0.39 is 0 Å². The number of hydrogen-bond donors (Lipinski definition) is 1. The van der Waals surface area contributed by atoms with E-state index in [2.05, 4.69) is 53.2 Å². The third kappa shape index (κ3) is 4.58. The maximum absolute atomic E-state index is 11.7. The predicted octanol–water partition coefficient (Wildman–Crippen LogP) is 1.89. The van der Waals surface area contributed by atoms with Crippen LogP contribution in [0.25, 0.3) is 0 Å². The van der Waals surface area contributed by atoms with Gasteiger partial charge in [-0.15, -0.1) is 0 Å². The number of nitrogens with zero attached hydrogens (tertiary/aromatic N) is 4. The van der Waals surface area contributed by atoms with E-state index in [-0.39, 0.29) is 12.1 Å². The van der Waals surface area contributed by atoms with Crippen LogP contribution in [0.5, 0.6) is 0 Å². The smallest absolute Gasteiger partial charge is 0.409 e. The van der Waals surface area contributed by atoms with Gasteiger partial charge >= 0.3 is 6.09 Å². The zero-order valence-electron chi connectivity index (χ0n) is 16.7. The second kappa shape index (κ2) is 8.90. The average molecular weight is 415 g/mol. The molecule has 2 aliphatic rings. The standard InChI is InChI=1S/C21H27N5O2S/c1-28-21(27)25-9-7-18(14-25)22-19-11-17(8-10-29)23-20(24-19)26-12-16(13-26)15-5-3-2-4-6-15/h2-6,11,16,18,29H,7-10,12-14H2,1H3,(H,22,23,24)/p+1/t18-/m0/s1. The van der Waals surface area contributed by atoms with Gasteiger partial charge in [0.15, 0.2) is 0 Å². The Labute approximate surface area is 176 Å². The Morgan fingerprint density at radius 2 is 2.03 bits per heavy atom. The van der Waals surface area contributed by atoms with Crippen LogP contribution in [0.3, 0.4) is 0 Å². The highest BCUT2D eigenvalue weighted by molar-refractivity contribution is 7.58. The van der Waals surface area contributed by atoms with E-state index in [1.807, 2.05) is 6.07 Å². The van der Waals surface area contributed by atoms with Crippen molar-refractivity contribution >= 4 is 30.5 Å². The Bertz CT molecular complexity index is 844. The number of anilines is 2. The van der Waals surface area contributed by atoms with Crippen LogP contribution in [0.15, 0.2) is 36.4 Å². The molecule has 8 heteroatoms. The normalized spacial score (nSPS) is 19.2. The Kier molecular flexibility index (Phi) is 6.08. The van der Waals surface area contributed by atoms with Gasteiger partial charge in [0.1, 0.15) is 11.6 Å². The number of hydrogen-bond acceptors (Lipinski definition) is 6. The van der Waals surface area contributed by atoms with Gasteiger partial charge in [0, 0.05) is 50.6 Å². The summed E-state index contributed by atoms with van der Waals surface area (Å²) in [4.78, 5) is 25.2. The minimum absolute atomic E-state index is 0.168. The summed E-state index contributed by atoms with van der Waals surface area (Å²) in [6.45, 7) is 3.18. The molecule has 29 heavy (non-hydrogen) atoms. The molecular weight excluding hydrogens is 386 g/mol. The van der Waals surface area contributed by atoms with Crippen LogP contribution in [0, 0.1) is 0 Å². The van der Waals surface area contributed by atoms with E-state index in [1.165, 1.54) is 12.7 Å². The lowest BCUT2D eigenvalue weighted by molar-refractivity contribution is 0.133. The highest BCUT2D eigenvalue weighted by Gasteiger charge is 2.31. The molecule has 2 saturated heterocycles. The lowest BCUT2D eigenvalue weighted by atomic mass is 9.92. The average Bonchev–Trinajstić information content (AvgIpc) is 3.16. The number of ether oxygens (including phenoxy) is 1. The highest BCUT2D eigenvalue weighted by atomic mass is 32.1. The van der Waals surface area contributed by atoms with Gasteiger partial charge in [-0.05, 0) is 24.6 Å². The van der Waals surface area contributed by atoms with E-state index in [1.54, 1.807) is 4.90 Å². The SMILES string of the molecule is COC(=O)N1CC[C@H](Nc2cc(CC[SH2+])nc(N3CC(c4ccccc4)C3)n2)C1. The molecule has 0 unspecified atom stereocenters. The topological polar surface area (TPSA) is 70.6 Å². The number of nitrogens with one attached hydrogen (secondary N) is 1. The van der Waals surface area contributed by atoms with E-state index >= 15 is 0 Å². The molecule has 2 aliphatic heterocycles. The number of carbonyl (C=O) groups is 1. The Morgan fingerprint density at radius 3 is 2.76 bits per heavy atom. The van der Waals surface area contributed by atoms with Gasteiger partial charge in [-0.1, -0.05) is 30.3 Å². The van der Waals surface area contributed by atoms with Gasteiger partial charge in [-0.3, -0.25) is 0 Å². The third-order valence-electron chi connectivity index (χ3n) is 5.56. The first kappa shape index (κ1) is 19.8. The molecule has 0 radical (unpaired) electrons. The first-order chi connectivity index (χ1) is 14.2. The maximum Gasteiger partial charge on any atom is 0.409 e. The van der Waals surface area contributed by atoms with Crippen molar-refractivity contribution in [3.63, 3.8) is 0 Å². The second-order valence-electron chi connectivity index (χ2n) is 7.60. The van der Waals surface area contributed by atoms with Crippen molar-refractivity contribution < 1.29 is 9.53 Å². The number of amides is 1. The molecule has 154 valence electrons. The van der Waals surface area contributed by atoms with Crippen LogP contribution in [0.2, 0.25) is 0 Å². The Morgan fingerprint density at radius 1 is 1.24 bits per heavy atom. The summed E-state index contributed by atoms with van der Waals surface area (Å²) in [5.74, 6) is 2.98. The molecule has 1 atom stereocenters.